The van der Waals surface area contributed by atoms with Gasteiger partial charge in [0.1, 0.15) is 10.6 Å². The molecule has 9 heteroatoms. The molecule has 2 N–H and O–H groups in total. The zero-order chi connectivity index (χ0) is 16.3. The third-order valence-electron chi connectivity index (χ3n) is 2.85. The van der Waals surface area contributed by atoms with E-state index in [1.165, 1.54) is 19.1 Å². The van der Waals surface area contributed by atoms with Gasteiger partial charge in [0, 0.05) is 12.6 Å². The van der Waals surface area contributed by atoms with E-state index in [2.05, 4.69) is 9.46 Å². The molecule has 0 amide bonds. The Kier molecular flexibility index (Phi) is 5.60. The number of ether oxygens (including phenoxy) is 1. The minimum Gasteiger partial charge on any atom is -0.404 e. The molecule has 0 bridgehead atoms. The van der Waals surface area contributed by atoms with Gasteiger partial charge < -0.3 is 9.84 Å². The number of alkyl halides is 3. The molecule has 1 rings (SSSR count). The fourth-order valence-corrected chi connectivity index (χ4v) is 2.94. The lowest BCUT2D eigenvalue weighted by Gasteiger charge is -2.20. The maximum atomic E-state index is 12.3. The van der Waals surface area contributed by atoms with E-state index in [1.54, 1.807) is 6.92 Å². The van der Waals surface area contributed by atoms with E-state index in [-0.39, 0.29) is 6.61 Å². The topological polar surface area (TPSA) is 75.6 Å². The van der Waals surface area contributed by atoms with Crippen molar-refractivity contribution in [3.8, 4) is 5.75 Å². The van der Waals surface area contributed by atoms with Crippen LogP contribution < -0.4 is 9.46 Å². The molecule has 0 saturated carbocycles. The Morgan fingerprint density at radius 2 is 1.86 bits per heavy atom. The van der Waals surface area contributed by atoms with E-state index in [0.29, 0.717) is 0 Å². The van der Waals surface area contributed by atoms with Crippen molar-refractivity contribution in [3.05, 3.63) is 24.3 Å². The Labute approximate surface area is 120 Å². The van der Waals surface area contributed by atoms with Gasteiger partial charge in [-0.3, -0.25) is 0 Å². The molecule has 1 aromatic rings. The summed E-state index contributed by atoms with van der Waals surface area (Å²) in [5.41, 5.74) is 0. The molecule has 0 aliphatic heterocycles. The number of para-hydroxylation sites is 1. The van der Waals surface area contributed by atoms with Crippen LogP contribution in [0.3, 0.4) is 0 Å². The van der Waals surface area contributed by atoms with Crippen LogP contribution in [0.15, 0.2) is 29.2 Å². The van der Waals surface area contributed by atoms with Gasteiger partial charge in [0.15, 0.2) is 0 Å². The second-order valence-electron chi connectivity index (χ2n) is 4.56. The van der Waals surface area contributed by atoms with Crippen LogP contribution in [0.25, 0.3) is 0 Å². The number of aliphatic hydroxyl groups is 1. The molecular weight excluding hydrogens is 311 g/mol. The Balaban J connectivity index is 3.09. The third-order valence-corrected chi connectivity index (χ3v) is 4.45. The van der Waals surface area contributed by atoms with Crippen molar-refractivity contribution >= 4 is 10.0 Å². The summed E-state index contributed by atoms with van der Waals surface area (Å²) in [7, 11) is -4.20. The lowest BCUT2D eigenvalue weighted by molar-refractivity contribution is -0.275. The van der Waals surface area contributed by atoms with Crippen molar-refractivity contribution in [1.29, 1.82) is 0 Å². The van der Waals surface area contributed by atoms with Gasteiger partial charge in [0.2, 0.25) is 10.0 Å². The first-order valence-electron chi connectivity index (χ1n) is 6.05. The highest BCUT2D eigenvalue weighted by molar-refractivity contribution is 7.89. The molecule has 0 radical (unpaired) electrons. The summed E-state index contributed by atoms with van der Waals surface area (Å²) >= 11 is 0. The molecule has 21 heavy (non-hydrogen) atoms. The largest absolute Gasteiger partial charge is 0.573 e. The summed E-state index contributed by atoms with van der Waals surface area (Å²) in [4.78, 5) is -0.612. The Hall–Kier alpha value is -1.32. The average molecular weight is 327 g/mol. The molecule has 0 aromatic heterocycles. The van der Waals surface area contributed by atoms with E-state index in [9.17, 15) is 21.6 Å². The zero-order valence-electron chi connectivity index (χ0n) is 11.4. The van der Waals surface area contributed by atoms with Gasteiger partial charge in [-0.1, -0.05) is 19.1 Å². The normalized spacial score (nSPS) is 15.5. The number of rotatable bonds is 6. The fourth-order valence-electron chi connectivity index (χ4n) is 1.46. The number of sulfonamides is 1. The smallest absolute Gasteiger partial charge is 0.404 e. The predicted molar refractivity (Wildman–Crippen MR) is 69.2 cm³/mol. The summed E-state index contributed by atoms with van der Waals surface area (Å²) in [6.45, 7) is 2.85. The van der Waals surface area contributed by atoms with E-state index < -0.39 is 39.0 Å². The fraction of sp³-hybridized carbons (Fsp3) is 0.500. The van der Waals surface area contributed by atoms with Gasteiger partial charge in [-0.15, -0.1) is 13.2 Å². The summed E-state index contributed by atoms with van der Waals surface area (Å²) < 4.78 is 67.0. The Bertz CT molecular complexity index is 574. The van der Waals surface area contributed by atoms with Crippen LogP contribution in [0, 0.1) is 5.92 Å². The quantitative estimate of drug-likeness (QED) is 0.836. The summed E-state index contributed by atoms with van der Waals surface area (Å²) in [5.74, 6) is -1.20. The monoisotopic (exact) mass is 327 g/mol. The van der Waals surface area contributed by atoms with Crippen molar-refractivity contribution in [2.24, 2.45) is 5.92 Å². The number of hydrogen-bond acceptors (Lipinski definition) is 4. The number of benzene rings is 1. The van der Waals surface area contributed by atoms with Crippen LogP contribution in [-0.2, 0) is 10.0 Å². The van der Waals surface area contributed by atoms with E-state index in [0.717, 1.165) is 12.1 Å². The first-order valence-corrected chi connectivity index (χ1v) is 7.53. The van der Waals surface area contributed by atoms with Gasteiger partial charge in [-0.2, -0.15) is 0 Å². The van der Waals surface area contributed by atoms with E-state index in [1.807, 2.05) is 0 Å². The number of hydrogen-bond donors (Lipinski definition) is 2. The molecule has 2 unspecified atom stereocenters. The molecule has 5 nitrogen and oxygen atoms in total. The van der Waals surface area contributed by atoms with Crippen LogP contribution in [0.1, 0.15) is 13.8 Å². The van der Waals surface area contributed by atoms with Crippen molar-refractivity contribution in [2.45, 2.75) is 31.1 Å². The SMILES string of the molecule is CC(CO)C(C)NS(=O)(=O)c1ccccc1OC(F)(F)F. The second-order valence-corrected chi connectivity index (χ2v) is 6.25. The van der Waals surface area contributed by atoms with Crippen LogP contribution >= 0.6 is 0 Å². The first kappa shape index (κ1) is 17.7. The molecule has 0 spiro atoms. The first-order chi connectivity index (χ1) is 9.57. The van der Waals surface area contributed by atoms with Gasteiger partial charge in [0.05, 0.1) is 0 Å². The highest BCUT2D eigenvalue weighted by atomic mass is 32.2. The molecule has 0 heterocycles. The number of aliphatic hydroxyl groups excluding tert-OH is 1. The van der Waals surface area contributed by atoms with Crippen LogP contribution in [-0.4, -0.2) is 32.5 Å². The molecule has 0 saturated heterocycles. The summed E-state index contributed by atoms with van der Waals surface area (Å²) in [6.07, 6.45) is -4.99. The lowest BCUT2D eigenvalue weighted by Crippen LogP contribution is -2.38. The molecular formula is C12H16F3NO4S. The average Bonchev–Trinajstić information content (AvgIpc) is 2.35. The van der Waals surface area contributed by atoms with Crippen molar-refractivity contribution < 1.29 is 31.4 Å². The van der Waals surface area contributed by atoms with Crippen molar-refractivity contribution in [1.82, 2.24) is 4.72 Å². The minimum atomic E-state index is -4.99. The predicted octanol–water partition coefficient (Wildman–Crippen LogP) is 1.88. The Morgan fingerprint density at radius 1 is 1.29 bits per heavy atom. The Morgan fingerprint density at radius 3 is 2.38 bits per heavy atom. The summed E-state index contributed by atoms with van der Waals surface area (Å²) in [5, 5.41) is 8.97. The summed E-state index contributed by atoms with van der Waals surface area (Å²) in [6, 6.07) is 3.80. The molecule has 120 valence electrons. The van der Waals surface area contributed by atoms with Gasteiger partial charge in [-0.05, 0) is 25.0 Å². The second kappa shape index (κ2) is 6.63. The zero-order valence-corrected chi connectivity index (χ0v) is 12.2. The molecule has 0 fully saturated rings. The lowest BCUT2D eigenvalue weighted by atomic mass is 10.1. The molecule has 1 aromatic carbocycles. The standard InChI is InChI=1S/C12H16F3NO4S/c1-8(7-17)9(2)16-21(18,19)11-6-4-3-5-10(11)20-12(13,14)15/h3-6,8-9,16-17H,7H2,1-2H3. The van der Waals surface area contributed by atoms with Crippen LogP contribution in [0.4, 0.5) is 13.2 Å². The highest BCUT2D eigenvalue weighted by Crippen LogP contribution is 2.29. The molecule has 0 aliphatic carbocycles. The third kappa shape index (κ3) is 5.18. The van der Waals surface area contributed by atoms with Gasteiger partial charge in [-0.25, -0.2) is 13.1 Å². The van der Waals surface area contributed by atoms with Crippen LogP contribution in [0.2, 0.25) is 0 Å². The molecule has 2 atom stereocenters. The van der Waals surface area contributed by atoms with Gasteiger partial charge in [0.25, 0.3) is 0 Å². The van der Waals surface area contributed by atoms with E-state index >= 15 is 0 Å². The van der Waals surface area contributed by atoms with Gasteiger partial charge >= 0.3 is 6.36 Å². The minimum absolute atomic E-state index is 0.260. The maximum Gasteiger partial charge on any atom is 0.573 e. The van der Waals surface area contributed by atoms with E-state index in [4.69, 9.17) is 5.11 Å². The number of halogens is 3. The highest BCUT2D eigenvalue weighted by Gasteiger charge is 2.34. The number of nitrogens with one attached hydrogen (secondary N) is 1. The van der Waals surface area contributed by atoms with Crippen molar-refractivity contribution in [3.63, 3.8) is 0 Å². The van der Waals surface area contributed by atoms with Crippen molar-refractivity contribution in [2.75, 3.05) is 6.61 Å². The molecule has 0 aliphatic rings. The van der Waals surface area contributed by atoms with Crippen LogP contribution in [0.5, 0.6) is 5.75 Å². The maximum absolute atomic E-state index is 12.3.